The summed E-state index contributed by atoms with van der Waals surface area (Å²) in [6.45, 7) is 4.87. The number of ether oxygens (including phenoxy) is 1. The van der Waals surface area contributed by atoms with Crippen LogP contribution in [0.4, 0.5) is 4.79 Å². The molecular weight excluding hydrogens is 206 g/mol. The average Bonchev–Trinajstić information content (AvgIpc) is 2.65. The van der Waals surface area contributed by atoms with E-state index in [1.54, 1.807) is 0 Å². The van der Waals surface area contributed by atoms with Crippen LogP contribution in [-0.4, -0.2) is 23.8 Å². The lowest BCUT2D eigenvalue weighted by Gasteiger charge is -2.09. The number of primary amides is 1. The second kappa shape index (κ2) is 6.90. The number of rotatable bonds is 7. The van der Waals surface area contributed by atoms with Crippen molar-refractivity contribution in [3.63, 3.8) is 0 Å². The Morgan fingerprint density at radius 1 is 1.62 bits per heavy atom. The van der Waals surface area contributed by atoms with Gasteiger partial charge in [0.1, 0.15) is 6.61 Å². The van der Waals surface area contributed by atoms with Crippen LogP contribution in [0.25, 0.3) is 0 Å². The van der Waals surface area contributed by atoms with Gasteiger partial charge in [0.25, 0.3) is 0 Å². The molecule has 1 aromatic rings. The van der Waals surface area contributed by atoms with Gasteiger partial charge in [-0.15, -0.1) is 0 Å². The number of nitrogens with zero attached hydrogens (tertiary/aromatic N) is 1. The molecule has 1 heterocycles. The highest BCUT2D eigenvalue weighted by atomic mass is 16.5. The topological polar surface area (TPSA) is 69.3 Å². The predicted octanol–water partition coefficient (Wildman–Crippen LogP) is 1.08. The van der Waals surface area contributed by atoms with Crippen LogP contribution < -0.4 is 11.1 Å². The Bertz CT molecular complexity index is 323. The summed E-state index contributed by atoms with van der Waals surface area (Å²) in [4.78, 5) is 10.3. The van der Waals surface area contributed by atoms with E-state index in [1.807, 2.05) is 6.07 Å². The van der Waals surface area contributed by atoms with Crippen molar-refractivity contribution in [2.24, 2.45) is 5.73 Å². The number of aryl methyl sites for hydroxylation is 1. The third-order valence-electron chi connectivity index (χ3n) is 2.22. The van der Waals surface area contributed by atoms with Crippen molar-refractivity contribution < 1.29 is 9.53 Å². The van der Waals surface area contributed by atoms with Gasteiger partial charge >= 0.3 is 6.09 Å². The second-order valence-corrected chi connectivity index (χ2v) is 3.54. The first-order valence-electron chi connectivity index (χ1n) is 5.51. The van der Waals surface area contributed by atoms with Gasteiger partial charge in [0.2, 0.25) is 0 Å². The molecular formula is C11H19N3O2. The van der Waals surface area contributed by atoms with Gasteiger partial charge < -0.3 is 20.4 Å². The molecule has 0 aliphatic rings. The minimum atomic E-state index is -0.726. The highest BCUT2D eigenvalue weighted by Crippen LogP contribution is 2.02. The van der Waals surface area contributed by atoms with Crippen LogP contribution in [0.2, 0.25) is 0 Å². The molecule has 1 rings (SSSR count). The summed E-state index contributed by atoms with van der Waals surface area (Å²) in [7, 11) is 0. The lowest BCUT2D eigenvalue weighted by molar-refractivity contribution is 0.157. The van der Waals surface area contributed by atoms with Crippen LogP contribution in [0.1, 0.15) is 19.0 Å². The Labute approximate surface area is 95.6 Å². The molecule has 0 spiro atoms. The summed E-state index contributed by atoms with van der Waals surface area (Å²) >= 11 is 0. The second-order valence-electron chi connectivity index (χ2n) is 3.54. The molecule has 0 bridgehead atoms. The average molecular weight is 225 g/mol. The van der Waals surface area contributed by atoms with Crippen molar-refractivity contribution in [2.75, 3.05) is 13.2 Å². The van der Waals surface area contributed by atoms with E-state index in [2.05, 4.69) is 33.8 Å². The first kappa shape index (κ1) is 12.6. The standard InChI is InChI=1S/C11H19N3O2/c1-2-6-14-7-3-4-10(14)9-13-5-8-16-11(12)15/h3-4,7,13H,2,5-6,8-9H2,1H3,(H2,12,15). The molecule has 0 aliphatic carbocycles. The van der Waals surface area contributed by atoms with Crippen molar-refractivity contribution in [1.29, 1.82) is 0 Å². The molecule has 5 heteroatoms. The Morgan fingerprint density at radius 3 is 3.12 bits per heavy atom. The van der Waals surface area contributed by atoms with Crippen LogP contribution in [0, 0.1) is 0 Å². The number of hydrogen-bond donors (Lipinski definition) is 2. The summed E-state index contributed by atoms with van der Waals surface area (Å²) in [5.41, 5.74) is 6.08. The van der Waals surface area contributed by atoms with Crippen LogP contribution in [0.5, 0.6) is 0 Å². The maximum atomic E-state index is 10.3. The lowest BCUT2D eigenvalue weighted by atomic mass is 10.4. The molecule has 0 aliphatic heterocycles. The fraction of sp³-hybridized carbons (Fsp3) is 0.545. The van der Waals surface area contributed by atoms with Gasteiger partial charge in [-0.05, 0) is 18.6 Å². The van der Waals surface area contributed by atoms with Gasteiger partial charge in [0.05, 0.1) is 0 Å². The lowest BCUT2D eigenvalue weighted by Crippen LogP contribution is -2.24. The Morgan fingerprint density at radius 2 is 2.44 bits per heavy atom. The van der Waals surface area contributed by atoms with Gasteiger partial charge in [-0.2, -0.15) is 0 Å². The summed E-state index contributed by atoms with van der Waals surface area (Å²) in [5, 5.41) is 3.19. The maximum absolute atomic E-state index is 10.3. The largest absolute Gasteiger partial charge is 0.448 e. The molecule has 0 unspecified atom stereocenters. The molecule has 3 N–H and O–H groups in total. The number of aromatic nitrogens is 1. The predicted molar refractivity (Wildman–Crippen MR) is 62.0 cm³/mol. The van der Waals surface area contributed by atoms with Gasteiger partial charge in [0.15, 0.2) is 0 Å². The Balaban J connectivity index is 2.21. The van der Waals surface area contributed by atoms with Crippen LogP contribution in [-0.2, 0) is 17.8 Å². The smallest absolute Gasteiger partial charge is 0.404 e. The van der Waals surface area contributed by atoms with Crippen LogP contribution in [0.15, 0.2) is 18.3 Å². The van der Waals surface area contributed by atoms with E-state index in [4.69, 9.17) is 5.73 Å². The molecule has 16 heavy (non-hydrogen) atoms. The van der Waals surface area contributed by atoms with E-state index < -0.39 is 6.09 Å². The molecule has 90 valence electrons. The molecule has 5 nitrogen and oxygen atoms in total. The minimum Gasteiger partial charge on any atom is -0.448 e. The fourth-order valence-electron chi connectivity index (χ4n) is 1.51. The van der Waals surface area contributed by atoms with Crippen molar-refractivity contribution in [3.8, 4) is 0 Å². The van der Waals surface area contributed by atoms with Gasteiger partial charge in [-0.3, -0.25) is 0 Å². The van der Waals surface area contributed by atoms with Gasteiger partial charge in [-0.25, -0.2) is 4.79 Å². The number of amides is 1. The van der Waals surface area contributed by atoms with E-state index in [-0.39, 0.29) is 0 Å². The molecule has 1 aromatic heterocycles. The molecule has 0 saturated heterocycles. The summed E-state index contributed by atoms with van der Waals surface area (Å²) < 4.78 is 6.82. The molecule has 0 atom stereocenters. The SMILES string of the molecule is CCCn1cccc1CNCCOC(N)=O. The number of nitrogens with one attached hydrogen (secondary N) is 1. The third-order valence-corrected chi connectivity index (χ3v) is 2.22. The Hall–Kier alpha value is -1.49. The van der Waals surface area contributed by atoms with E-state index in [9.17, 15) is 4.79 Å². The quantitative estimate of drug-likeness (QED) is 0.682. The monoisotopic (exact) mass is 225 g/mol. The molecule has 0 saturated carbocycles. The summed E-state index contributed by atoms with van der Waals surface area (Å²) in [5.74, 6) is 0. The highest BCUT2D eigenvalue weighted by Gasteiger charge is 1.99. The zero-order chi connectivity index (χ0) is 11.8. The third kappa shape index (κ3) is 4.35. The molecule has 0 aromatic carbocycles. The first-order valence-corrected chi connectivity index (χ1v) is 5.51. The highest BCUT2D eigenvalue weighted by molar-refractivity contribution is 5.64. The number of nitrogens with two attached hydrogens (primary N) is 1. The van der Waals surface area contributed by atoms with Crippen molar-refractivity contribution in [3.05, 3.63) is 24.0 Å². The normalized spacial score (nSPS) is 10.3. The van der Waals surface area contributed by atoms with E-state index >= 15 is 0 Å². The summed E-state index contributed by atoms with van der Waals surface area (Å²) in [6.07, 6.45) is 2.46. The van der Waals surface area contributed by atoms with E-state index in [0.29, 0.717) is 13.2 Å². The first-order chi connectivity index (χ1) is 7.74. The number of carbonyl (C=O) groups is 1. The van der Waals surface area contributed by atoms with Crippen molar-refractivity contribution >= 4 is 6.09 Å². The molecule has 0 radical (unpaired) electrons. The summed E-state index contributed by atoms with van der Waals surface area (Å²) in [6, 6.07) is 4.12. The van der Waals surface area contributed by atoms with Crippen LogP contribution >= 0.6 is 0 Å². The van der Waals surface area contributed by atoms with E-state index in [1.165, 1.54) is 5.69 Å². The molecule has 1 amide bonds. The van der Waals surface area contributed by atoms with Gasteiger partial charge in [-0.1, -0.05) is 6.92 Å². The zero-order valence-electron chi connectivity index (χ0n) is 9.61. The fourth-order valence-corrected chi connectivity index (χ4v) is 1.51. The van der Waals surface area contributed by atoms with Crippen molar-refractivity contribution in [2.45, 2.75) is 26.4 Å². The van der Waals surface area contributed by atoms with Crippen LogP contribution in [0.3, 0.4) is 0 Å². The molecule has 0 fully saturated rings. The number of hydrogen-bond acceptors (Lipinski definition) is 3. The van der Waals surface area contributed by atoms with Crippen molar-refractivity contribution in [1.82, 2.24) is 9.88 Å². The number of carbonyl (C=O) groups excluding carboxylic acids is 1. The Kier molecular flexibility index (Phi) is 5.42. The van der Waals surface area contributed by atoms with E-state index in [0.717, 1.165) is 19.5 Å². The van der Waals surface area contributed by atoms with Gasteiger partial charge in [0, 0.05) is 31.5 Å². The minimum absolute atomic E-state index is 0.309. The maximum Gasteiger partial charge on any atom is 0.404 e. The zero-order valence-corrected chi connectivity index (χ0v) is 9.61.